The fraction of sp³-hybridized carbons (Fsp3) is 0.333. The molecule has 27 heavy (non-hydrogen) atoms. The van der Waals surface area contributed by atoms with E-state index in [4.69, 9.17) is 9.47 Å². The number of rotatable bonds is 6. The van der Waals surface area contributed by atoms with Gasteiger partial charge in [-0.15, -0.1) is 0 Å². The van der Waals surface area contributed by atoms with E-state index in [-0.39, 0.29) is 11.8 Å². The zero-order chi connectivity index (χ0) is 19.2. The van der Waals surface area contributed by atoms with Gasteiger partial charge in [0.2, 0.25) is 5.91 Å². The van der Waals surface area contributed by atoms with E-state index in [1.54, 1.807) is 54.5 Å². The van der Waals surface area contributed by atoms with E-state index < -0.39 is 0 Å². The molecule has 2 amide bonds. The number of carbonyl (C=O) groups excluding carboxylic acids is 2. The molecule has 0 aromatic heterocycles. The zero-order valence-electron chi connectivity index (χ0n) is 15.7. The van der Waals surface area contributed by atoms with Gasteiger partial charge in [-0.2, -0.15) is 0 Å². The van der Waals surface area contributed by atoms with Crippen LogP contribution in [-0.4, -0.2) is 32.1 Å². The van der Waals surface area contributed by atoms with Gasteiger partial charge in [0.1, 0.15) is 11.5 Å². The zero-order valence-corrected chi connectivity index (χ0v) is 15.7. The summed E-state index contributed by atoms with van der Waals surface area (Å²) in [6, 6.07) is 12.3. The van der Waals surface area contributed by atoms with E-state index in [2.05, 4.69) is 5.32 Å². The minimum atomic E-state index is -0.223. The monoisotopic (exact) mass is 368 g/mol. The number of benzene rings is 2. The van der Waals surface area contributed by atoms with Gasteiger partial charge in [0.15, 0.2) is 0 Å². The molecule has 0 bridgehead atoms. The van der Waals surface area contributed by atoms with Gasteiger partial charge < -0.3 is 19.7 Å². The molecule has 0 aliphatic carbocycles. The largest absolute Gasteiger partial charge is 0.495 e. The summed E-state index contributed by atoms with van der Waals surface area (Å²) in [7, 11) is 1.57. The van der Waals surface area contributed by atoms with Crippen molar-refractivity contribution in [3.63, 3.8) is 0 Å². The van der Waals surface area contributed by atoms with Crippen LogP contribution >= 0.6 is 0 Å². The van der Waals surface area contributed by atoms with Crippen molar-refractivity contribution in [1.82, 2.24) is 0 Å². The smallest absolute Gasteiger partial charge is 0.255 e. The molecule has 0 atom stereocenters. The number of piperidine rings is 1. The molecule has 0 saturated carbocycles. The third kappa shape index (κ3) is 4.39. The summed E-state index contributed by atoms with van der Waals surface area (Å²) in [4.78, 5) is 26.5. The standard InChI is InChI=1S/C21H24N2O4/c1-3-27-17-10-7-15(8-11-17)21(25)22-16-9-12-19(26-2)18(14-16)23-13-5-4-6-20(23)24/h7-12,14H,3-6,13H2,1-2H3,(H,22,25). The lowest BCUT2D eigenvalue weighted by Gasteiger charge is -2.28. The summed E-state index contributed by atoms with van der Waals surface area (Å²) < 4.78 is 10.8. The number of amides is 2. The number of ether oxygens (including phenoxy) is 2. The molecule has 142 valence electrons. The predicted molar refractivity (Wildman–Crippen MR) is 105 cm³/mol. The molecule has 0 unspecified atom stereocenters. The van der Waals surface area contributed by atoms with Gasteiger partial charge in [-0.3, -0.25) is 9.59 Å². The number of nitrogens with zero attached hydrogens (tertiary/aromatic N) is 1. The SMILES string of the molecule is CCOc1ccc(C(=O)Nc2ccc(OC)c(N3CCCCC3=O)c2)cc1. The molecule has 6 heteroatoms. The van der Waals surface area contributed by atoms with E-state index in [0.717, 1.165) is 18.6 Å². The predicted octanol–water partition coefficient (Wildman–Crippen LogP) is 3.86. The van der Waals surface area contributed by atoms with E-state index >= 15 is 0 Å². The lowest BCUT2D eigenvalue weighted by atomic mass is 10.1. The van der Waals surface area contributed by atoms with Crippen LogP contribution in [0.25, 0.3) is 0 Å². The van der Waals surface area contributed by atoms with Crippen LogP contribution in [0.15, 0.2) is 42.5 Å². The first-order valence-corrected chi connectivity index (χ1v) is 9.15. The minimum absolute atomic E-state index is 0.0783. The van der Waals surface area contributed by atoms with Crippen LogP contribution in [-0.2, 0) is 4.79 Å². The molecule has 1 aliphatic heterocycles. The van der Waals surface area contributed by atoms with Crippen molar-refractivity contribution in [2.24, 2.45) is 0 Å². The van der Waals surface area contributed by atoms with Crippen molar-refractivity contribution in [3.05, 3.63) is 48.0 Å². The van der Waals surface area contributed by atoms with Gasteiger partial charge in [-0.25, -0.2) is 0 Å². The fourth-order valence-electron chi connectivity index (χ4n) is 3.11. The number of methoxy groups -OCH3 is 1. The minimum Gasteiger partial charge on any atom is -0.495 e. The van der Waals surface area contributed by atoms with Crippen molar-refractivity contribution in [2.45, 2.75) is 26.2 Å². The first-order chi connectivity index (χ1) is 13.1. The maximum atomic E-state index is 12.5. The van der Waals surface area contributed by atoms with Crippen LogP contribution in [0.5, 0.6) is 11.5 Å². The highest BCUT2D eigenvalue weighted by Gasteiger charge is 2.23. The molecule has 6 nitrogen and oxygen atoms in total. The van der Waals surface area contributed by atoms with Gasteiger partial charge in [-0.05, 0) is 62.2 Å². The molecule has 0 spiro atoms. The average molecular weight is 368 g/mol. The molecule has 2 aromatic carbocycles. The molecule has 1 fully saturated rings. The summed E-state index contributed by atoms with van der Waals surface area (Å²) in [6.07, 6.45) is 2.40. The topological polar surface area (TPSA) is 67.9 Å². The highest BCUT2D eigenvalue weighted by Crippen LogP contribution is 2.33. The van der Waals surface area contributed by atoms with Crippen molar-refractivity contribution < 1.29 is 19.1 Å². The van der Waals surface area contributed by atoms with Gasteiger partial charge in [0.05, 0.1) is 19.4 Å². The highest BCUT2D eigenvalue weighted by atomic mass is 16.5. The number of hydrogen-bond donors (Lipinski definition) is 1. The van der Waals surface area contributed by atoms with E-state index in [1.807, 2.05) is 6.92 Å². The van der Waals surface area contributed by atoms with Crippen LogP contribution in [0.3, 0.4) is 0 Å². The molecule has 1 saturated heterocycles. The second-order valence-electron chi connectivity index (χ2n) is 6.30. The van der Waals surface area contributed by atoms with Gasteiger partial charge in [-0.1, -0.05) is 0 Å². The molecule has 3 rings (SSSR count). The molecule has 0 radical (unpaired) electrons. The van der Waals surface area contributed by atoms with Gasteiger partial charge in [0.25, 0.3) is 5.91 Å². The number of hydrogen-bond acceptors (Lipinski definition) is 4. The maximum Gasteiger partial charge on any atom is 0.255 e. The number of anilines is 2. The Morgan fingerprint density at radius 2 is 1.93 bits per heavy atom. The summed E-state index contributed by atoms with van der Waals surface area (Å²) in [6.45, 7) is 3.15. The van der Waals surface area contributed by atoms with Crippen LogP contribution in [0.4, 0.5) is 11.4 Å². The average Bonchev–Trinajstić information content (AvgIpc) is 2.69. The Labute approximate surface area is 159 Å². The molecular weight excluding hydrogens is 344 g/mol. The Kier molecular flexibility index (Phi) is 5.96. The lowest BCUT2D eigenvalue weighted by Crippen LogP contribution is -2.35. The van der Waals surface area contributed by atoms with Crippen LogP contribution in [0.1, 0.15) is 36.5 Å². The lowest BCUT2D eigenvalue weighted by molar-refractivity contribution is -0.119. The normalized spacial score (nSPS) is 14.0. The van der Waals surface area contributed by atoms with Crippen LogP contribution in [0, 0.1) is 0 Å². The number of nitrogens with one attached hydrogen (secondary N) is 1. The molecule has 2 aromatic rings. The van der Waals surface area contributed by atoms with Crippen LogP contribution in [0.2, 0.25) is 0 Å². The fourth-order valence-corrected chi connectivity index (χ4v) is 3.11. The Morgan fingerprint density at radius 1 is 1.15 bits per heavy atom. The maximum absolute atomic E-state index is 12.5. The van der Waals surface area contributed by atoms with Gasteiger partial charge in [0, 0.05) is 24.2 Å². The Balaban J connectivity index is 1.79. The van der Waals surface area contributed by atoms with E-state index in [1.165, 1.54) is 0 Å². The molecule has 1 aliphatic rings. The summed E-state index contributed by atoms with van der Waals surface area (Å²) >= 11 is 0. The van der Waals surface area contributed by atoms with E-state index in [0.29, 0.717) is 42.3 Å². The summed E-state index contributed by atoms with van der Waals surface area (Å²) in [5.74, 6) is 1.20. The quantitative estimate of drug-likeness (QED) is 0.841. The van der Waals surface area contributed by atoms with Crippen molar-refractivity contribution >= 4 is 23.2 Å². The van der Waals surface area contributed by atoms with E-state index in [9.17, 15) is 9.59 Å². The van der Waals surface area contributed by atoms with Crippen LogP contribution < -0.4 is 19.7 Å². The Morgan fingerprint density at radius 3 is 2.59 bits per heavy atom. The first kappa shape index (κ1) is 18.8. The Hall–Kier alpha value is -3.02. The van der Waals surface area contributed by atoms with Crippen molar-refractivity contribution in [2.75, 3.05) is 30.5 Å². The second kappa shape index (κ2) is 8.58. The molecular formula is C21H24N2O4. The third-order valence-corrected chi connectivity index (χ3v) is 4.48. The number of carbonyl (C=O) groups is 2. The Bertz CT molecular complexity index is 817. The highest BCUT2D eigenvalue weighted by molar-refractivity contribution is 6.05. The summed E-state index contributed by atoms with van der Waals surface area (Å²) in [5, 5.41) is 2.88. The second-order valence-corrected chi connectivity index (χ2v) is 6.30. The molecule has 1 heterocycles. The van der Waals surface area contributed by atoms with Gasteiger partial charge >= 0.3 is 0 Å². The third-order valence-electron chi connectivity index (χ3n) is 4.48. The first-order valence-electron chi connectivity index (χ1n) is 9.15. The molecule has 1 N–H and O–H groups in total. The summed E-state index contributed by atoms with van der Waals surface area (Å²) in [5.41, 5.74) is 1.83. The van der Waals surface area contributed by atoms with Crippen molar-refractivity contribution in [3.8, 4) is 11.5 Å². The van der Waals surface area contributed by atoms with Crippen molar-refractivity contribution in [1.29, 1.82) is 0 Å².